The van der Waals surface area contributed by atoms with Gasteiger partial charge in [-0.15, -0.1) is 11.3 Å². The summed E-state index contributed by atoms with van der Waals surface area (Å²) in [5, 5.41) is 13.4. The summed E-state index contributed by atoms with van der Waals surface area (Å²) in [5.41, 5.74) is 1.04. The van der Waals surface area contributed by atoms with Gasteiger partial charge in [0.15, 0.2) is 10.3 Å². The number of benzene rings is 1. The van der Waals surface area contributed by atoms with Crippen LogP contribution in [-0.2, 0) is 11.2 Å². The second-order valence-electron chi connectivity index (χ2n) is 9.04. The van der Waals surface area contributed by atoms with Crippen molar-refractivity contribution in [3.8, 4) is 6.07 Å². The number of hydrogen-bond acceptors (Lipinski definition) is 11. The van der Waals surface area contributed by atoms with Gasteiger partial charge in [-0.2, -0.15) is 20.2 Å². The Morgan fingerprint density at radius 2 is 1.94 bits per heavy atom. The summed E-state index contributed by atoms with van der Waals surface area (Å²) in [6.07, 6.45) is 4.95. The summed E-state index contributed by atoms with van der Waals surface area (Å²) in [7, 11) is 0. The molecule has 0 atom stereocenters. The lowest BCUT2D eigenvalue weighted by Crippen LogP contribution is -2.47. The van der Waals surface area contributed by atoms with Gasteiger partial charge in [0.25, 0.3) is 0 Å². The van der Waals surface area contributed by atoms with E-state index in [9.17, 15) is 4.79 Å². The number of carbonyl (C=O) groups excluding carboxylic acids is 1. The largest absolute Gasteiger partial charge is 0.338 e. The molecule has 0 amide bonds. The fourth-order valence-corrected chi connectivity index (χ4v) is 5.41. The molecular formula is C25H28N8OS2. The first-order chi connectivity index (χ1) is 17.6. The van der Waals surface area contributed by atoms with Gasteiger partial charge in [0.1, 0.15) is 5.78 Å². The van der Waals surface area contributed by atoms with E-state index in [0.29, 0.717) is 35.7 Å². The van der Waals surface area contributed by atoms with Crippen molar-refractivity contribution in [3.05, 3.63) is 40.9 Å². The lowest BCUT2D eigenvalue weighted by Gasteiger charge is -2.34. The van der Waals surface area contributed by atoms with Crippen LogP contribution in [0.1, 0.15) is 29.7 Å². The SMILES string of the molecule is Cc1cnc(Nc2nc(Sc3ccc(CC(=O)C4CC4)cc3)nc(N3CCN(CCC#N)CC3)n2)s1. The second kappa shape index (κ2) is 11.3. The highest BCUT2D eigenvalue weighted by Crippen LogP contribution is 2.32. The maximum atomic E-state index is 12.1. The second-order valence-corrected chi connectivity index (χ2v) is 11.3. The average molecular weight is 521 g/mol. The zero-order valence-corrected chi connectivity index (χ0v) is 21.8. The Morgan fingerprint density at radius 1 is 1.17 bits per heavy atom. The highest BCUT2D eigenvalue weighted by atomic mass is 32.2. The summed E-state index contributed by atoms with van der Waals surface area (Å²) in [6.45, 7) is 6.12. The molecule has 11 heteroatoms. The predicted molar refractivity (Wildman–Crippen MR) is 141 cm³/mol. The number of nitriles is 1. The van der Waals surface area contributed by atoms with E-state index >= 15 is 0 Å². The molecule has 0 bridgehead atoms. The molecule has 0 unspecified atom stereocenters. The summed E-state index contributed by atoms with van der Waals surface area (Å²) < 4.78 is 0. The van der Waals surface area contributed by atoms with Crippen LogP contribution in [0.4, 0.5) is 17.0 Å². The number of anilines is 3. The minimum Gasteiger partial charge on any atom is -0.338 e. The van der Waals surface area contributed by atoms with E-state index in [-0.39, 0.29) is 5.92 Å². The quantitative estimate of drug-likeness (QED) is 0.420. The number of piperazine rings is 1. The molecule has 2 fully saturated rings. The van der Waals surface area contributed by atoms with Crippen molar-refractivity contribution in [1.82, 2.24) is 24.8 Å². The molecule has 3 aromatic rings. The minimum atomic E-state index is 0.281. The molecule has 5 rings (SSSR count). The van der Waals surface area contributed by atoms with Crippen molar-refractivity contribution in [1.29, 1.82) is 5.26 Å². The molecule has 9 nitrogen and oxygen atoms in total. The van der Waals surface area contributed by atoms with Crippen LogP contribution in [0.15, 0.2) is 40.5 Å². The highest BCUT2D eigenvalue weighted by Gasteiger charge is 2.29. The van der Waals surface area contributed by atoms with Crippen molar-refractivity contribution in [2.75, 3.05) is 42.9 Å². The van der Waals surface area contributed by atoms with E-state index in [2.05, 4.69) is 31.2 Å². The fraction of sp³-hybridized carbons (Fsp3) is 0.440. The minimum absolute atomic E-state index is 0.281. The lowest BCUT2D eigenvalue weighted by molar-refractivity contribution is -0.119. The molecule has 1 aliphatic heterocycles. The van der Waals surface area contributed by atoms with Crippen LogP contribution >= 0.6 is 23.1 Å². The molecule has 1 saturated heterocycles. The van der Waals surface area contributed by atoms with Crippen LogP contribution in [0.3, 0.4) is 0 Å². The number of hydrogen-bond donors (Lipinski definition) is 1. The van der Waals surface area contributed by atoms with Crippen LogP contribution in [0.2, 0.25) is 0 Å². The van der Waals surface area contributed by atoms with E-state index in [0.717, 1.165) is 66.0 Å². The predicted octanol–water partition coefficient (Wildman–Crippen LogP) is 4.09. The first-order valence-corrected chi connectivity index (χ1v) is 13.8. The number of nitrogens with zero attached hydrogens (tertiary/aromatic N) is 7. The van der Waals surface area contributed by atoms with Crippen LogP contribution in [0.5, 0.6) is 0 Å². The molecule has 1 aliphatic carbocycles. The molecule has 1 N–H and O–H groups in total. The number of aromatic nitrogens is 4. The van der Waals surface area contributed by atoms with E-state index in [1.165, 1.54) is 11.8 Å². The van der Waals surface area contributed by atoms with Crippen LogP contribution < -0.4 is 10.2 Å². The number of nitrogens with one attached hydrogen (secondary N) is 1. The molecule has 2 aromatic heterocycles. The van der Waals surface area contributed by atoms with Gasteiger partial charge in [-0.3, -0.25) is 15.0 Å². The number of ketones is 1. The average Bonchev–Trinajstić information content (AvgIpc) is 3.66. The third-order valence-electron chi connectivity index (χ3n) is 6.18. The maximum Gasteiger partial charge on any atom is 0.234 e. The van der Waals surface area contributed by atoms with Gasteiger partial charge < -0.3 is 4.90 Å². The monoisotopic (exact) mass is 520 g/mol. The van der Waals surface area contributed by atoms with Gasteiger partial charge in [-0.05, 0) is 49.2 Å². The number of thiazole rings is 1. The molecule has 1 saturated carbocycles. The zero-order chi connectivity index (χ0) is 24.9. The Hall–Kier alpha value is -3.07. The van der Waals surface area contributed by atoms with E-state index in [1.807, 2.05) is 37.4 Å². The smallest absolute Gasteiger partial charge is 0.234 e. The summed E-state index contributed by atoms with van der Waals surface area (Å²) >= 11 is 3.03. The first kappa shape index (κ1) is 24.6. The molecule has 0 spiro atoms. The van der Waals surface area contributed by atoms with Crippen molar-refractivity contribution in [2.45, 2.75) is 42.7 Å². The zero-order valence-electron chi connectivity index (χ0n) is 20.2. The first-order valence-electron chi connectivity index (χ1n) is 12.1. The van der Waals surface area contributed by atoms with Crippen molar-refractivity contribution >= 4 is 45.9 Å². The van der Waals surface area contributed by atoms with Gasteiger partial charge in [-0.25, -0.2) is 4.98 Å². The summed E-state index contributed by atoms with van der Waals surface area (Å²) in [6, 6.07) is 10.3. The maximum absolute atomic E-state index is 12.1. The van der Waals surface area contributed by atoms with Crippen LogP contribution in [-0.4, -0.2) is 63.3 Å². The Balaban J connectivity index is 1.31. The van der Waals surface area contributed by atoms with Gasteiger partial charge >= 0.3 is 0 Å². The summed E-state index contributed by atoms with van der Waals surface area (Å²) in [5.74, 6) is 1.73. The summed E-state index contributed by atoms with van der Waals surface area (Å²) in [4.78, 5) is 37.2. The normalized spacial score (nSPS) is 16.1. The molecule has 186 valence electrons. The Bertz CT molecular complexity index is 1240. The lowest BCUT2D eigenvalue weighted by atomic mass is 10.1. The molecule has 2 aliphatic rings. The van der Waals surface area contributed by atoms with Crippen molar-refractivity contribution in [2.24, 2.45) is 5.92 Å². The van der Waals surface area contributed by atoms with Gasteiger partial charge in [0, 0.05) is 67.5 Å². The number of Topliss-reactive ketones (excluding diaryl/α,β-unsaturated/α-hetero) is 1. The van der Waals surface area contributed by atoms with E-state index < -0.39 is 0 Å². The number of carbonyl (C=O) groups is 1. The molecule has 1 aromatic carbocycles. The van der Waals surface area contributed by atoms with Crippen molar-refractivity contribution in [3.63, 3.8) is 0 Å². The van der Waals surface area contributed by atoms with Gasteiger partial charge in [-0.1, -0.05) is 12.1 Å². The molecular weight excluding hydrogens is 492 g/mol. The topological polar surface area (TPSA) is 111 Å². The standard InChI is InChI=1S/C25H28N8OS2/c1-17-16-27-24(35-17)29-22-28-23(33-13-11-32(12-14-33)10-2-9-26)31-25(30-22)36-20-7-3-18(4-8-20)15-21(34)19-5-6-19/h3-4,7-8,16,19H,2,5-6,10-15H2,1H3,(H,27,28,29,30,31). The molecule has 0 radical (unpaired) electrons. The Kier molecular flexibility index (Phi) is 7.75. The molecule has 36 heavy (non-hydrogen) atoms. The van der Waals surface area contributed by atoms with Gasteiger partial charge in [0.2, 0.25) is 11.9 Å². The Labute approximate surface area is 219 Å². The van der Waals surface area contributed by atoms with Crippen LogP contribution in [0.25, 0.3) is 0 Å². The third kappa shape index (κ3) is 6.57. The number of rotatable bonds is 10. The third-order valence-corrected chi connectivity index (χ3v) is 7.88. The van der Waals surface area contributed by atoms with Crippen molar-refractivity contribution < 1.29 is 4.79 Å². The Morgan fingerprint density at radius 3 is 2.61 bits per heavy atom. The van der Waals surface area contributed by atoms with Gasteiger partial charge in [0.05, 0.1) is 6.07 Å². The molecule has 3 heterocycles. The fourth-order valence-electron chi connectivity index (χ4n) is 4.01. The number of aryl methyl sites for hydroxylation is 1. The highest BCUT2D eigenvalue weighted by molar-refractivity contribution is 7.99. The van der Waals surface area contributed by atoms with E-state index in [4.69, 9.17) is 15.2 Å². The van der Waals surface area contributed by atoms with E-state index in [1.54, 1.807) is 11.3 Å². The van der Waals surface area contributed by atoms with Crippen LogP contribution in [0, 0.1) is 24.2 Å².